The lowest BCUT2D eigenvalue weighted by Crippen LogP contribution is -1.89. The molecule has 0 fully saturated rings. The van der Waals surface area contributed by atoms with E-state index in [1.807, 2.05) is 0 Å². The van der Waals surface area contributed by atoms with Crippen molar-refractivity contribution in [3.05, 3.63) is 35.2 Å². The number of nitrogens with zero attached hydrogens (tertiary/aromatic N) is 4. The SMILES string of the molecule is Clc1cc(-c2cncnc2Cl)ncn1. The monoisotopic (exact) mass is 226 g/mol. The summed E-state index contributed by atoms with van der Waals surface area (Å²) in [5.74, 6) is 0. The molecule has 0 amide bonds. The minimum absolute atomic E-state index is 0.342. The highest BCUT2D eigenvalue weighted by Crippen LogP contribution is 2.23. The van der Waals surface area contributed by atoms with Gasteiger partial charge < -0.3 is 0 Å². The third kappa shape index (κ3) is 1.81. The fraction of sp³-hybridized carbons (Fsp3) is 0. The van der Waals surface area contributed by atoms with Gasteiger partial charge in [0.05, 0.1) is 11.3 Å². The highest BCUT2D eigenvalue weighted by Gasteiger charge is 2.06. The van der Waals surface area contributed by atoms with Gasteiger partial charge in [-0.2, -0.15) is 0 Å². The van der Waals surface area contributed by atoms with Gasteiger partial charge in [0.15, 0.2) is 0 Å². The van der Waals surface area contributed by atoms with Crippen molar-refractivity contribution in [1.82, 2.24) is 19.9 Å². The van der Waals surface area contributed by atoms with Crippen LogP contribution >= 0.6 is 23.2 Å². The Kier molecular flexibility index (Phi) is 2.56. The smallest absolute Gasteiger partial charge is 0.141 e. The summed E-state index contributed by atoms with van der Waals surface area (Å²) in [4.78, 5) is 15.5. The van der Waals surface area contributed by atoms with Crippen LogP contribution in [0.25, 0.3) is 11.3 Å². The summed E-state index contributed by atoms with van der Waals surface area (Å²) < 4.78 is 0. The predicted molar refractivity (Wildman–Crippen MR) is 53.1 cm³/mol. The van der Waals surface area contributed by atoms with Crippen molar-refractivity contribution in [2.75, 3.05) is 0 Å². The Hall–Kier alpha value is -1.26. The number of aromatic nitrogens is 4. The van der Waals surface area contributed by atoms with E-state index in [9.17, 15) is 0 Å². The van der Waals surface area contributed by atoms with Crippen LogP contribution in [-0.4, -0.2) is 19.9 Å². The molecule has 0 radical (unpaired) electrons. The summed E-state index contributed by atoms with van der Waals surface area (Å²) in [5, 5.41) is 0.699. The van der Waals surface area contributed by atoms with Crippen LogP contribution in [0.5, 0.6) is 0 Å². The molecular weight excluding hydrogens is 223 g/mol. The summed E-state index contributed by atoms with van der Waals surface area (Å²) in [6, 6.07) is 1.60. The third-order valence-corrected chi connectivity index (χ3v) is 2.08. The molecule has 14 heavy (non-hydrogen) atoms. The summed E-state index contributed by atoms with van der Waals surface area (Å²) in [7, 11) is 0. The van der Waals surface area contributed by atoms with Crippen LogP contribution in [0.2, 0.25) is 10.3 Å². The lowest BCUT2D eigenvalue weighted by Gasteiger charge is -2.00. The zero-order valence-corrected chi connectivity index (χ0v) is 8.37. The Bertz CT molecular complexity index is 461. The van der Waals surface area contributed by atoms with E-state index in [1.54, 1.807) is 12.3 Å². The van der Waals surface area contributed by atoms with E-state index in [4.69, 9.17) is 23.2 Å². The summed E-state index contributed by atoms with van der Waals surface area (Å²) >= 11 is 11.6. The molecule has 0 aliphatic carbocycles. The maximum atomic E-state index is 5.86. The second-order valence-electron chi connectivity index (χ2n) is 2.45. The zero-order valence-electron chi connectivity index (χ0n) is 6.85. The van der Waals surface area contributed by atoms with Crippen molar-refractivity contribution in [3.8, 4) is 11.3 Å². The molecule has 2 aromatic rings. The van der Waals surface area contributed by atoms with E-state index in [0.717, 1.165) is 0 Å². The highest BCUT2D eigenvalue weighted by molar-refractivity contribution is 6.32. The van der Waals surface area contributed by atoms with Gasteiger partial charge in [-0.15, -0.1) is 0 Å². The molecule has 0 atom stereocenters. The van der Waals surface area contributed by atoms with Crippen LogP contribution in [-0.2, 0) is 0 Å². The van der Waals surface area contributed by atoms with Crippen molar-refractivity contribution in [1.29, 1.82) is 0 Å². The van der Waals surface area contributed by atoms with Crippen molar-refractivity contribution < 1.29 is 0 Å². The van der Waals surface area contributed by atoms with Crippen LogP contribution in [0.3, 0.4) is 0 Å². The van der Waals surface area contributed by atoms with Crippen LogP contribution in [0, 0.1) is 0 Å². The van der Waals surface area contributed by atoms with Gasteiger partial charge in [-0.3, -0.25) is 0 Å². The number of halogens is 2. The van der Waals surface area contributed by atoms with E-state index in [-0.39, 0.29) is 0 Å². The molecule has 0 aromatic carbocycles. The van der Waals surface area contributed by atoms with E-state index in [0.29, 0.717) is 21.6 Å². The van der Waals surface area contributed by atoms with Crippen LogP contribution in [0.1, 0.15) is 0 Å². The minimum atomic E-state index is 0.342. The Balaban J connectivity index is 2.55. The van der Waals surface area contributed by atoms with E-state index >= 15 is 0 Å². The maximum absolute atomic E-state index is 5.86. The molecule has 0 aliphatic rings. The molecule has 0 saturated heterocycles. The number of hydrogen-bond donors (Lipinski definition) is 0. The second kappa shape index (κ2) is 3.86. The topological polar surface area (TPSA) is 51.6 Å². The average Bonchev–Trinajstić information content (AvgIpc) is 2.18. The summed E-state index contributed by atoms with van der Waals surface area (Å²) in [6.07, 6.45) is 4.31. The number of rotatable bonds is 1. The quantitative estimate of drug-likeness (QED) is 0.701. The first kappa shape index (κ1) is 9.30. The highest BCUT2D eigenvalue weighted by atomic mass is 35.5. The molecule has 2 aromatic heterocycles. The van der Waals surface area contributed by atoms with Crippen molar-refractivity contribution in [3.63, 3.8) is 0 Å². The Morgan fingerprint density at radius 1 is 1.00 bits per heavy atom. The second-order valence-corrected chi connectivity index (χ2v) is 3.20. The van der Waals surface area contributed by atoms with Gasteiger partial charge in [0.25, 0.3) is 0 Å². The fourth-order valence-electron chi connectivity index (χ4n) is 0.967. The molecule has 6 heteroatoms. The fourth-order valence-corrected chi connectivity index (χ4v) is 1.30. The van der Waals surface area contributed by atoms with Crippen LogP contribution in [0.15, 0.2) is 24.9 Å². The molecule has 0 spiro atoms. The van der Waals surface area contributed by atoms with E-state index in [2.05, 4.69) is 19.9 Å². The third-order valence-electron chi connectivity index (χ3n) is 1.57. The van der Waals surface area contributed by atoms with Crippen molar-refractivity contribution in [2.45, 2.75) is 0 Å². The Labute approximate surface area is 90.0 Å². The molecule has 2 heterocycles. The van der Waals surface area contributed by atoms with Gasteiger partial charge in [-0.05, 0) is 0 Å². The van der Waals surface area contributed by atoms with Crippen LogP contribution in [0.4, 0.5) is 0 Å². The Morgan fingerprint density at radius 2 is 1.86 bits per heavy atom. The molecule has 0 bridgehead atoms. The predicted octanol–water partition coefficient (Wildman–Crippen LogP) is 2.24. The molecule has 2 rings (SSSR count). The van der Waals surface area contributed by atoms with Gasteiger partial charge in [0.2, 0.25) is 0 Å². The normalized spacial score (nSPS) is 10.1. The molecule has 0 aliphatic heterocycles. The van der Waals surface area contributed by atoms with E-state index in [1.165, 1.54) is 12.7 Å². The van der Waals surface area contributed by atoms with Crippen molar-refractivity contribution >= 4 is 23.2 Å². The summed E-state index contributed by atoms with van der Waals surface area (Å²) in [5.41, 5.74) is 1.24. The molecule has 0 unspecified atom stereocenters. The maximum Gasteiger partial charge on any atom is 0.141 e. The van der Waals surface area contributed by atoms with Gasteiger partial charge in [-0.1, -0.05) is 23.2 Å². The van der Waals surface area contributed by atoms with Gasteiger partial charge >= 0.3 is 0 Å². The van der Waals surface area contributed by atoms with Gasteiger partial charge in [0, 0.05) is 12.3 Å². The Morgan fingerprint density at radius 3 is 2.57 bits per heavy atom. The largest absolute Gasteiger partial charge is 0.244 e. The molecule has 0 saturated carbocycles. The number of hydrogen-bond acceptors (Lipinski definition) is 4. The van der Waals surface area contributed by atoms with Gasteiger partial charge in [0.1, 0.15) is 23.0 Å². The first-order valence-corrected chi connectivity index (χ1v) is 4.46. The first-order valence-electron chi connectivity index (χ1n) is 3.71. The minimum Gasteiger partial charge on any atom is -0.244 e. The standard InChI is InChI=1S/C8H4Cl2N4/c9-7-1-6(12-4-13-7)5-2-11-3-14-8(5)10/h1-4H. The lowest BCUT2D eigenvalue weighted by atomic mass is 10.2. The van der Waals surface area contributed by atoms with Crippen molar-refractivity contribution in [2.24, 2.45) is 0 Å². The lowest BCUT2D eigenvalue weighted by molar-refractivity contribution is 1.13. The van der Waals surface area contributed by atoms with Gasteiger partial charge in [-0.25, -0.2) is 19.9 Å². The molecular formula is C8H4Cl2N4. The zero-order chi connectivity index (χ0) is 9.97. The van der Waals surface area contributed by atoms with Crippen LogP contribution < -0.4 is 0 Å². The molecule has 70 valence electrons. The summed E-state index contributed by atoms with van der Waals surface area (Å²) in [6.45, 7) is 0. The van der Waals surface area contributed by atoms with E-state index < -0.39 is 0 Å². The molecule has 4 nitrogen and oxygen atoms in total. The molecule has 0 N–H and O–H groups in total. The average molecular weight is 227 g/mol. The first-order chi connectivity index (χ1) is 6.77.